The average molecular weight is 367 g/mol. The lowest BCUT2D eigenvalue weighted by Gasteiger charge is -2.39. The van der Waals surface area contributed by atoms with Gasteiger partial charge >= 0.3 is 7.12 Å². The summed E-state index contributed by atoms with van der Waals surface area (Å²) >= 11 is 0. The van der Waals surface area contributed by atoms with Crippen LogP contribution < -0.4 is 15.5 Å². The number of carbonyl (C=O) groups is 2. The molecule has 0 radical (unpaired) electrons. The van der Waals surface area contributed by atoms with Gasteiger partial charge in [0.1, 0.15) is 6.04 Å². The zero-order valence-corrected chi connectivity index (χ0v) is 14.7. The van der Waals surface area contributed by atoms with Crippen molar-refractivity contribution in [1.82, 2.24) is 20.6 Å². The summed E-state index contributed by atoms with van der Waals surface area (Å²) in [4.78, 5) is 33.4. The Morgan fingerprint density at radius 2 is 2.04 bits per heavy atom. The third kappa shape index (κ3) is 5.36. The maximum Gasteiger partial charge on any atom is 0.475 e. The summed E-state index contributed by atoms with van der Waals surface area (Å²) in [5.41, 5.74) is 0. The van der Waals surface area contributed by atoms with Gasteiger partial charge in [-0.05, 0) is 18.8 Å². The van der Waals surface area contributed by atoms with Crippen LogP contribution in [0, 0.1) is 11.7 Å². The highest BCUT2D eigenvalue weighted by Gasteiger charge is 2.36. The second-order valence-electron chi connectivity index (χ2n) is 6.63. The predicted molar refractivity (Wildman–Crippen MR) is 92.3 cm³/mol. The van der Waals surface area contributed by atoms with E-state index < -0.39 is 30.8 Å². The van der Waals surface area contributed by atoms with Crippen LogP contribution in [0.25, 0.3) is 0 Å². The van der Waals surface area contributed by atoms with E-state index in [1.54, 1.807) is 4.90 Å². The van der Waals surface area contributed by atoms with E-state index >= 15 is 0 Å². The Morgan fingerprint density at radius 1 is 1.38 bits per heavy atom. The summed E-state index contributed by atoms with van der Waals surface area (Å²) in [5, 5.41) is 23.6. The molecule has 1 fully saturated rings. The van der Waals surface area contributed by atoms with Crippen LogP contribution in [0.2, 0.25) is 0 Å². The van der Waals surface area contributed by atoms with Crippen LogP contribution in [-0.2, 0) is 9.59 Å². The molecule has 4 N–H and O–H groups in total. The molecule has 2 heterocycles. The highest BCUT2D eigenvalue weighted by Crippen LogP contribution is 2.22. The first-order valence-corrected chi connectivity index (χ1v) is 8.45. The fraction of sp³-hybridized carbons (Fsp3) is 0.600. The minimum absolute atomic E-state index is 0.163. The lowest BCUT2D eigenvalue weighted by atomic mass is 9.75. The molecule has 2 rings (SSSR count). The maximum atomic E-state index is 12.9. The first-order chi connectivity index (χ1) is 12.3. The van der Waals surface area contributed by atoms with Gasteiger partial charge in [-0.1, -0.05) is 13.8 Å². The fourth-order valence-corrected chi connectivity index (χ4v) is 2.66. The van der Waals surface area contributed by atoms with E-state index in [1.165, 1.54) is 0 Å². The zero-order chi connectivity index (χ0) is 19.3. The molecular weight excluding hydrogens is 344 g/mol. The van der Waals surface area contributed by atoms with E-state index in [9.17, 15) is 24.0 Å². The zero-order valence-electron chi connectivity index (χ0n) is 14.7. The number of nitrogens with one attached hydrogen (secondary N) is 2. The summed E-state index contributed by atoms with van der Waals surface area (Å²) in [5.74, 6) is -1.83. The molecule has 1 aromatic rings. The van der Waals surface area contributed by atoms with Gasteiger partial charge in [0.05, 0.1) is 24.9 Å². The van der Waals surface area contributed by atoms with Crippen molar-refractivity contribution in [3.8, 4) is 0 Å². The van der Waals surface area contributed by atoms with Crippen LogP contribution in [0.4, 0.5) is 10.3 Å². The van der Waals surface area contributed by atoms with E-state index in [1.807, 2.05) is 13.8 Å². The number of anilines is 1. The van der Waals surface area contributed by atoms with Gasteiger partial charge in [0.2, 0.25) is 17.8 Å². The van der Waals surface area contributed by atoms with Gasteiger partial charge < -0.3 is 25.6 Å². The lowest BCUT2D eigenvalue weighted by Crippen LogP contribution is -2.58. The molecule has 1 saturated heterocycles. The molecule has 142 valence electrons. The van der Waals surface area contributed by atoms with Crippen molar-refractivity contribution >= 4 is 24.9 Å². The van der Waals surface area contributed by atoms with Crippen molar-refractivity contribution in [2.24, 2.45) is 5.92 Å². The van der Waals surface area contributed by atoms with Crippen LogP contribution >= 0.6 is 0 Å². The highest BCUT2D eigenvalue weighted by atomic mass is 19.1. The van der Waals surface area contributed by atoms with E-state index in [0.717, 1.165) is 12.4 Å². The summed E-state index contributed by atoms with van der Waals surface area (Å²) < 4.78 is 12.9. The molecule has 0 aromatic carbocycles. The van der Waals surface area contributed by atoms with E-state index in [2.05, 4.69) is 20.6 Å². The van der Waals surface area contributed by atoms with Crippen LogP contribution in [0.3, 0.4) is 0 Å². The minimum Gasteiger partial charge on any atom is -0.426 e. The molecule has 0 bridgehead atoms. The summed E-state index contributed by atoms with van der Waals surface area (Å²) in [6.45, 7) is 4.07. The summed E-state index contributed by atoms with van der Waals surface area (Å²) in [6, 6.07) is -0.525. The first kappa shape index (κ1) is 20.1. The second kappa shape index (κ2) is 8.90. The summed E-state index contributed by atoms with van der Waals surface area (Å²) in [7, 11) is -1.67. The number of aromatic nitrogens is 2. The SMILES string of the molecule is CC(C)C[C@H](NC(=O)CNC(=O)[C@@H]1CCN1c1ncc(F)cn1)B(O)O. The number of rotatable bonds is 8. The standard InChI is InChI=1S/C15H23BFN5O4/c1-9(2)5-12(16(25)26)21-13(23)8-18-14(24)11-3-4-22(11)15-19-6-10(17)7-20-15/h6-7,9,11-12,25-26H,3-5,8H2,1-2H3,(H,18,24)(H,21,23)/t11-,12-/m0/s1. The van der Waals surface area contributed by atoms with Crippen molar-refractivity contribution in [2.75, 3.05) is 18.0 Å². The number of amides is 2. The quantitative estimate of drug-likeness (QED) is 0.428. The molecule has 26 heavy (non-hydrogen) atoms. The third-order valence-corrected chi connectivity index (χ3v) is 4.04. The van der Waals surface area contributed by atoms with Gasteiger partial charge in [-0.25, -0.2) is 14.4 Å². The monoisotopic (exact) mass is 367 g/mol. The predicted octanol–water partition coefficient (Wildman–Crippen LogP) is -1.15. The Labute approximate surface area is 151 Å². The highest BCUT2D eigenvalue weighted by molar-refractivity contribution is 6.43. The molecule has 1 aliphatic rings. The Bertz CT molecular complexity index is 631. The molecule has 0 spiro atoms. The number of carbonyl (C=O) groups excluding carboxylic acids is 2. The first-order valence-electron chi connectivity index (χ1n) is 8.45. The van der Waals surface area contributed by atoms with Crippen molar-refractivity contribution in [3.05, 3.63) is 18.2 Å². The molecule has 2 amide bonds. The van der Waals surface area contributed by atoms with Crippen LogP contribution in [0.1, 0.15) is 26.7 Å². The normalized spacial score (nSPS) is 17.5. The van der Waals surface area contributed by atoms with Gasteiger partial charge in [-0.15, -0.1) is 0 Å². The van der Waals surface area contributed by atoms with Crippen molar-refractivity contribution in [2.45, 2.75) is 38.7 Å². The maximum absolute atomic E-state index is 12.9. The molecule has 0 unspecified atom stereocenters. The van der Waals surface area contributed by atoms with E-state index in [-0.39, 0.29) is 24.3 Å². The van der Waals surface area contributed by atoms with Crippen molar-refractivity contribution < 1.29 is 24.0 Å². The molecule has 11 heteroatoms. The topological polar surface area (TPSA) is 128 Å². The molecule has 2 atom stereocenters. The molecule has 0 aliphatic carbocycles. The smallest absolute Gasteiger partial charge is 0.426 e. The van der Waals surface area contributed by atoms with Crippen LogP contribution in [0.15, 0.2) is 12.4 Å². The molecular formula is C15H23BFN5O4. The average Bonchev–Trinajstić information content (AvgIpc) is 2.53. The molecule has 1 aliphatic heterocycles. The Kier molecular flexibility index (Phi) is 6.87. The Balaban J connectivity index is 1.82. The third-order valence-electron chi connectivity index (χ3n) is 4.04. The van der Waals surface area contributed by atoms with Gasteiger partial charge in [0.15, 0.2) is 5.82 Å². The summed E-state index contributed by atoms with van der Waals surface area (Å²) in [6.07, 6.45) is 3.02. The lowest BCUT2D eigenvalue weighted by molar-refractivity contribution is -0.127. The largest absolute Gasteiger partial charge is 0.475 e. The number of halogens is 1. The van der Waals surface area contributed by atoms with Crippen molar-refractivity contribution in [3.63, 3.8) is 0 Å². The number of nitrogens with zero attached hydrogens (tertiary/aromatic N) is 3. The minimum atomic E-state index is -1.67. The van der Waals surface area contributed by atoms with Gasteiger partial charge in [-0.2, -0.15) is 0 Å². The van der Waals surface area contributed by atoms with E-state index in [0.29, 0.717) is 19.4 Å². The van der Waals surface area contributed by atoms with Crippen molar-refractivity contribution in [1.29, 1.82) is 0 Å². The molecule has 1 aromatic heterocycles. The molecule has 0 saturated carbocycles. The second-order valence-corrected chi connectivity index (χ2v) is 6.63. The Morgan fingerprint density at radius 3 is 2.54 bits per heavy atom. The van der Waals surface area contributed by atoms with Gasteiger partial charge in [0.25, 0.3) is 0 Å². The number of hydrogen-bond donors (Lipinski definition) is 4. The van der Waals surface area contributed by atoms with E-state index in [4.69, 9.17) is 0 Å². The fourth-order valence-electron chi connectivity index (χ4n) is 2.66. The number of hydrogen-bond acceptors (Lipinski definition) is 7. The van der Waals surface area contributed by atoms with Crippen LogP contribution in [-0.4, -0.2) is 64.0 Å². The Hall–Kier alpha value is -2.27. The van der Waals surface area contributed by atoms with Gasteiger partial charge in [-0.3, -0.25) is 9.59 Å². The van der Waals surface area contributed by atoms with Crippen LogP contribution in [0.5, 0.6) is 0 Å². The van der Waals surface area contributed by atoms with Gasteiger partial charge in [0, 0.05) is 6.54 Å². The molecule has 9 nitrogen and oxygen atoms in total.